The van der Waals surface area contributed by atoms with Crippen LogP contribution in [0.5, 0.6) is 0 Å². The molecule has 0 radical (unpaired) electrons. The highest BCUT2D eigenvalue weighted by Gasteiger charge is 2.34. The number of benzene rings is 1. The fraction of sp³-hybridized carbons (Fsp3) is 0.417. The van der Waals surface area contributed by atoms with E-state index in [1.54, 1.807) is 6.92 Å². The van der Waals surface area contributed by atoms with Crippen LogP contribution >= 0.6 is 0 Å². The van der Waals surface area contributed by atoms with Crippen molar-refractivity contribution in [1.82, 2.24) is 0 Å². The van der Waals surface area contributed by atoms with Gasteiger partial charge in [0.2, 0.25) is 0 Å². The summed E-state index contributed by atoms with van der Waals surface area (Å²) < 4.78 is 38.0. The number of nitriles is 1. The Labute approximate surface area is 97.3 Å². The van der Waals surface area contributed by atoms with Gasteiger partial charge in [-0.3, -0.25) is 0 Å². The van der Waals surface area contributed by atoms with E-state index in [-0.39, 0.29) is 0 Å². The molecule has 0 amide bonds. The van der Waals surface area contributed by atoms with Crippen molar-refractivity contribution < 1.29 is 18.3 Å². The molecule has 0 saturated carbocycles. The van der Waals surface area contributed by atoms with Gasteiger partial charge in [0.1, 0.15) is 0 Å². The maximum absolute atomic E-state index is 12.7. The minimum Gasteiger partial charge on any atom is -0.393 e. The van der Waals surface area contributed by atoms with E-state index < -0.39 is 29.3 Å². The summed E-state index contributed by atoms with van der Waals surface area (Å²) in [4.78, 5) is 0. The van der Waals surface area contributed by atoms with Crippen LogP contribution in [0.3, 0.4) is 0 Å². The molecule has 1 N–H and O–H groups in total. The molecule has 5 heteroatoms. The van der Waals surface area contributed by atoms with Gasteiger partial charge in [0, 0.05) is 5.92 Å². The van der Waals surface area contributed by atoms with Crippen molar-refractivity contribution in [1.29, 1.82) is 5.26 Å². The molecule has 0 heterocycles. The van der Waals surface area contributed by atoms with E-state index in [1.807, 2.05) is 0 Å². The van der Waals surface area contributed by atoms with Crippen LogP contribution in [0.25, 0.3) is 0 Å². The first kappa shape index (κ1) is 13.5. The highest BCUT2D eigenvalue weighted by atomic mass is 19.4. The summed E-state index contributed by atoms with van der Waals surface area (Å²) >= 11 is 0. The van der Waals surface area contributed by atoms with Gasteiger partial charge in [-0.15, -0.1) is 0 Å². The van der Waals surface area contributed by atoms with Crippen molar-refractivity contribution in [2.75, 3.05) is 0 Å². The van der Waals surface area contributed by atoms with Crippen LogP contribution in [-0.4, -0.2) is 11.2 Å². The number of nitrogens with zero attached hydrogens (tertiary/aromatic N) is 1. The molecule has 17 heavy (non-hydrogen) atoms. The second-order valence-corrected chi connectivity index (χ2v) is 3.94. The average molecular weight is 243 g/mol. The maximum atomic E-state index is 12.7. The van der Waals surface area contributed by atoms with Gasteiger partial charge in [-0.2, -0.15) is 18.4 Å². The van der Waals surface area contributed by atoms with Crippen LogP contribution in [0, 0.1) is 11.3 Å². The largest absolute Gasteiger partial charge is 0.417 e. The Balaban J connectivity index is 3.29. The van der Waals surface area contributed by atoms with Crippen molar-refractivity contribution in [3.63, 3.8) is 0 Å². The molecule has 0 aliphatic rings. The third kappa shape index (κ3) is 2.98. The van der Waals surface area contributed by atoms with Gasteiger partial charge >= 0.3 is 6.18 Å². The first-order chi connectivity index (χ1) is 7.77. The van der Waals surface area contributed by atoms with Gasteiger partial charge in [-0.25, -0.2) is 0 Å². The van der Waals surface area contributed by atoms with E-state index in [0.717, 1.165) is 12.1 Å². The molecule has 92 valence electrons. The van der Waals surface area contributed by atoms with Gasteiger partial charge in [-0.05, 0) is 24.6 Å². The summed E-state index contributed by atoms with van der Waals surface area (Å²) in [6.45, 7) is 3.14. The van der Waals surface area contributed by atoms with E-state index >= 15 is 0 Å². The predicted molar refractivity (Wildman–Crippen MR) is 56.3 cm³/mol. The molecule has 2 unspecified atom stereocenters. The Bertz CT molecular complexity index is 446. The lowest BCUT2D eigenvalue weighted by molar-refractivity contribution is -0.137. The molecule has 0 fully saturated rings. The van der Waals surface area contributed by atoms with Crippen LogP contribution in [0.15, 0.2) is 18.2 Å². The molecule has 2 atom stereocenters. The Kier molecular flexibility index (Phi) is 3.79. The average Bonchev–Trinajstić information content (AvgIpc) is 2.25. The summed E-state index contributed by atoms with van der Waals surface area (Å²) in [5, 5.41) is 18.0. The molecule has 1 aromatic carbocycles. The van der Waals surface area contributed by atoms with Crippen LogP contribution < -0.4 is 0 Å². The molecular weight excluding hydrogens is 231 g/mol. The van der Waals surface area contributed by atoms with E-state index in [2.05, 4.69) is 0 Å². The zero-order valence-electron chi connectivity index (χ0n) is 9.42. The highest BCUT2D eigenvalue weighted by molar-refractivity contribution is 5.43. The topological polar surface area (TPSA) is 44.0 Å². The monoisotopic (exact) mass is 243 g/mol. The van der Waals surface area contributed by atoms with Crippen molar-refractivity contribution in [2.45, 2.75) is 32.0 Å². The first-order valence-corrected chi connectivity index (χ1v) is 5.06. The van der Waals surface area contributed by atoms with E-state index in [9.17, 15) is 18.3 Å². The molecule has 0 saturated heterocycles. The SMILES string of the molecule is CC(O)C(C)c1ccc(C#N)c(C(F)(F)F)c1. The summed E-state index contributed by atoms with van der Waals surface area (Å²) in [6.07, 6.45) is -5.30. The number of hydrogen-bond acceptors (Lipinski definition) is 2. The van der Waals surface area contributed by atoms with Crippen molar-refractivity contribution >= 4 is 0 Å². The van der Waals surface area contributed by atoms with Crippen LogP contribution in [0.1, 0.15) is 36.5 Å². The standard InChI is InChI=1S/C12H12F3NO/c1-7(8(2)17)9-3-4-10(6-16)11(5-9)12(13,14)15/h3-5,7-8,17H,1-2H3. The van der Waals surface area contributed by atoms with Crippen LogP contribution in [0.4, 0.5) is 13.2 Å². The molecule has 0 bridgehead atoms. The van der Waals surface area contributed by atoms with Crippen molar-refractivity contribution in [3.8, 4) is 6.07 Å². The van der Waals surface area contributed by atoms with E-state index in [1.165, 1.54) is 19.1 Å². The molecule has 1 aromatic rings. The fourth-order valence-electron chi connectivity index (χ4n) is 1.46. The van der Waals surface area contributed by atoms with E-state index in [0.29, 0.717) is 5.56 Å². The first-order valence-electron chi connectivity index (χ1n) is 5.06. The quantitative estimate of drug-likeness (QED) is 0.867. The Morgan fingerprint density at radius 3 is 2.29 bits per heavy atom. The molecule has 0 aromatic heterocycles. The van der Waals surface area contributed by atoms with Crippen molar-refractivity contribution in [3.05, 3.63) is 34.9 Å². The van der Waals surface area contributed by atoms with Crippen LogP contribution in [0.2, 0.25) is 0 Å². The second kappa shape index (κ2) is 4.76. The number of rotatable bonds is 2. The maximum Gasteiger partial charge on any atom is 0.417 e. The third-order valence-corrected chi connectivity index (χ3v) is 2.72. The summed E-state index contributed by atoms with van der Waals surface area (Å²) in [5.41, 5.74) is -0.990. The summed E-state index contributed by atoms with van der Waals surface area (Å²) in [6, 6.07) is 5.01. The number of hydrogen-bond donors (Lipinski definition) is 1. The highest BCUT2D eigenvalue weighted by Crippen LogP contribution is 2.34. The fourth-order valence-corrected chi connectivity index (χ4v) is 1.46. The minimum absolute atomic E-state index is 0.367. The lowest BCUT2D eigenvalue weighted by atomic mass is 9.93. The minimum atomic E-state index is -4.56. The lowest BCUT2D eigenvalue weighted by Crippen LogP contribution is -2.14. The number of alkyl halides is 3. The van der Waals surface area contributed by atoms with Gasteiger partial charge < -0.3 is 5.11 Å². The van der Waals surface area contributed by atoms with Gasteiger partial charge in [0.25, 0.3) is 0 Å². The number of aliphatic hydroxyl groups is 1. The van der Waals surface area contributed by atoms with Gasteiger partial charge in [0.15, 0.2) is 0 Å². The van der Waals surface area contributed by atoms with E-state index in [4.69, 9.17) is 5.26 Å². The smallest absolute Gasteiger partial charge is 0.393 e. The molecule has 0 aliphatic carbocycles. The van der Waals surface area contributed by atoms with Crippen molar-refractivity contribution in [2.24, 2.45) is 0 Å². The molecule has 1 rings (SSSR count). The summed E-state index contributed by atoms with van der Waals surface area (Å²) in [5.74, 6) is -0.413. The number of aliphatic hydroxyl groups excluding tert-OH is 1. The Morgan fingerprint density at radius 2 is 1.88 bits per heavy atom. The lowest BCUT2D eigenvalue weighted by Gasteiger charge is -2.17. The zero-order valence-corrected chi connectivity index (χ0v) is 9.42. The predicted octanol–water partition coefficient (Wildman–Crippen LogP) is 3.06. The molecular formula is C12H12F3NO. The zero-order chi connectivity index (χ0) is 13.2. The van der Waals surface area contributed by atoms with Crippen LogP contribution in [-0.2, 0) is 6.18 Å². The van der Waals surface area contributed by atoms with Gasteiger partial charge in [-0.1, -0.05) is 13.0 Å². The Hall–Kier alpha value is -1.54. The summed E-state index contributed by atoms with van der Waals surface area (Å²) in [7, 11) is 0. The molecule has 2 nitrogen and oxygen atoms in total. The Morgan fingerprint density at radius 1 is 1.29 bits per heavy atom. The molecule has 0 aliphatic heterocycles. The third-order valence-electron chi connectivity index (χ3n) is 2.72. The normalized spacial score (nSPS) is 15.1. The second-order valence-electron chi connectivity index (χ2n) is 3.94. The number of halogens is 3. The molecule has 0 spiro atoms. The van der Waals surface area contributed by atoms with Gasteiger partial charge in [0.05, 0.1) is 23.3 Å².